The number of nitrogens with zero attached hydrogens (tertiary/aromatic N) is 1. The van der Waals surface area contributed by atoms with Crippen molar-refractivity contribution in [2.45, 2.75) is 18.9 Å². The number of carbonyl (C=O) groups excluding carboxylic acids is 1. The summed E-state index contributed by atoms with van der Waals surface area (Å²) in [6.45, 7) is 1.45. The van der Waals surface area contributed by atoms with E-state index in [1.165, 1.54) is 18.1 Å². The van der Waals surface area contributed by atoms with Gasteiger partial charge in [0.15, 0.2) is 0 Å². The predicted molar refractivity (Wildman–Crippen MR) is 83.7 cm³/mol. The van der Waals surface area contributed by atoms with Crippen LogP contribution >= 0.6 is 0 Å². The second-order valence-corrected chi connectivity index (χ2v) is 5.78. The fourth-order valence-corrected chi connectivity index (χ4v) is 3.19. The molecule has 1 aliphatic rings. The zero-order chi connectivity index (χ0) is 15.4. The van der Waals surface area contributed by atoms with Crippen molar-refractivity contribution in [3.05, 3.63) is 60.1 Å². The van der Waals surface area contributed by atoms with Gasteiger partial charge in [0, 0.05) is 26.1 Å². The van der Waals surface area contributed by atoms with Crippen molar-refractivity contribution in [1.82, 2.24) is 4.90 Å². The van der Waals surface area contributed by atoms with Crippen molar-refractivity contribution in [3.8, 4) is 0 Å². The Morgan fingerprint density at radius 2 is 2.14 bits per heavy atom. The van der Waals surface area contributed by atoms with E-state index in [4.69, 9.17) is 9.15 Å². The molecule has 1 fully saturated rings. The summed E-state index contributed by atoms with van der Waals surface area (Å²) < 4.78 is 10.7. The number of carbonyl (C=O) groups is 1. The highest BCUT2D eigenvalue weighted by molar-refractivity contribution is 5.93. The lowest BCUT2D eigenvalue weighted by Gasteiger charge is -2.38. The Balaban J connectivity index is 1.71. The Labute approximate surface area is 130 Å². The lowest BCUT2D eigenvalue weighted by atomic mass is 9.88. The van der Waals surface area contributed by atoms with Crippen LogP contribution in [0.3, 0.4) is 0 Å². The van der Waals surface area contributed by atoms with Crippen LogP contribution in [0.25, 0.3) is 0 Å². The minimum Gasteiger partial charge on any atom is -0.472 e. The van der Waals surface area contributed by atoms with Gasteiger partial charge in [0.2, 0.25) is 0 Å². The first kappa shape index (κ1) is 14.9. The van der Waals surface area contributed by atoms with Crippen LogP contribution in [0.1, 0.15) is 22.3 Å². The minimum absolute atomic E-state index is 0.0429. The van der Waals surface area contributed by atoms with Gasteiger partial charge in [0.05, 0.1) is 17.9 Å². The van der Waals surface area contributed by atoms with Crippen LogP contribution in [-0.2, 0) is 11.2 Å². The highest BCUT2D eigenvalue weighted by Crippen LogP contribution is 2.25. The topological polar surface area (TPSA) is 42.7 Å². The highest BCUT2D eigenvalue weighted by Gasteiger charge is 2.32. The molecule has 0 radical (unpaired) electrons. The molecule has 0 N–H and O–H groups in total. The second-order valence-electron chi connectivity index (χ2n) is 5.78. The Hall–Kier alpha value is -2.07. The zero-order valence-electron chi connectivity index (χ0n) is 12.8. The van der Waals surface area contributed by atoms with E-state index >= 15 is 0 Å². The van der Waals surface area contributed by atoms with Crippen LogP contribution in [0.2, 0.25) is 0 Å². The Kier molecular flexibility index (Phi) is 4.59. The molecule has 2 atom stereocenters. The molecule has 1 saturated heterocycles. The molecule has 2 heterocycles. The summed E-state index contributed by atoms with van der Waals surface area (Å²) in [6.07, 6.45) is 5.05. The third-order valence-corrected chi connectivity index (χ3v) is 4.36. The summed E-state index contributed by atoms with van der Waals surface area (Å²) in [4.78, 5) is 14.4. The first-order chi connectivity index (χ1) is 10.8. The van der Waals surface area contributed by atoms with E-state index in [1.807, 2.05) is 23.1 Å². The maximum Gasteiger partial charge on any atom is 0.257 e. The minimum atomic E-state index is 0.0429. The Morgan fingerprint density at radius 1 is 1.32 bits per heavy atom. The standard InChI is InChI=1S/C18H21NO3/c1-21-17-7-9-19(18(20)15-8-10-22-13-15)12-16(17)11-14-5-3-2-4-6-14/h2-6,8,10,13,16-17H,7,9,11-12H2,1H3/t16-,17+/m0/s1. The molecule has 0 spiro atoms. The van der Waals surface area contributed by atoms with Gasteiger partial charge in [-0.3, -0.25) is 4.79 Å². The quantitative estimate of drug-likeness (QED) is 0.871. The van der Waals surface area contributed by atoms with Crippen LogP contribution in [0.5, 0.6) is 0 Å². The molecule has 1 aromatic carbocycles. The largest absolute Gasteiger partial charge is 0.472 e. The predicted octanol–water partition coefficient (Wildman–Crippen LogP) is 3.00. The number of hydrogen-bond acceptors (Lipinski definition) is 3. The maximum absolute atomic E-state index is 12.5. The molecular weight excluding hydrogens is 278 g/mol. The van der Waals surface area contributed by atoms with Gasteiger partial charge in [-0.2, -0.15) is 0 Å². The average molecular weight is 299 g/mol. The van der Waals surface area contributed by atoms with Crippen molar-refractivity contribution < 1.29 is 13.9 Å². The number of methoxy groups -OCH3 is 1. The van der Waals surface area contributed by atoms with Crippen molar-refractivity contribution in [1.29, 1.82) is 0 Å². The molecule has 1 aromatic heterocycles. The van der Waals surface area contributed by atoms with Crippen molar-refractivity contribution in [2.75, 3.05) is 20.2 Å². The third kappa shape index (κ3) is 3.22. The number of piperidine rings is 1. The number of ether oxygens (including phenoxy) is 1. The molecule has 0 aliphatic carbocycles. The van der Waals surface area contributed by atoms with Gasteiger partial charge >= 0.3 is 0 Å². The van der Waals surface area contributed by atoms with Crippen LogP contribution in [0.15, 0.2) is 53.3 Å². The number of hydrogen-bond donors (Lipinski definition) is 0. The first-order valence-electron chi connectivity index (χ1n) is 7.66. The van der Waals surface area contributed by atoms with Gasteiger partial charge < -0.3 is 14.1 Å². The smallest absolute Gasteiger partial charge is 0.257 e. The Bertz CT molecular complexity index is 594. The lowest BCUT2D eigenvalue weighted by Crippen LogP contribution is -2.47. The molecule has 1 amide bonds. The summed E-state index contributed by atoms with van der Waals surface area (Å²) in [5.74, 6) is 0.360. The maximum atomic E-state index is 12.5. The molecule has 4 nitrogen and oxygen atoms in total. The fourth-order valence-electron chi connectivity index (χ4n) is 3.19. The molecule has 0 saturated carbocycles. The molecule has 0 unspecified atom stereocenters. The van der Waals surface area contributed by atoms with Gasteiger partial charge in [-0.15, -0.1) is 0 Å². The van der Waals surface area contributed by atoms with Crippen molar-refractivity contribution in [2.24, 2.45) is 5.92 Å². The van der Waals surface area contributed by atoms with E-state index in [9.17, 15) is 4.79 Å². The zero-order valence-corrected chi connectivity index (χ0v) is 12.8. The molecule has 4 heteroatoms. The Morgan fingerprint density at radius 3 is 2.82 bits per heavy atom. The van der Waals surface area contributed by atoms with E-state index < -0.39 is 0 Å². The van der Waals surface area contributed by atoms with Crippen molar-refractivity contribution in [3.63, 3.8) is 0 Å². The number of furan rings is 1. The monoisotopic (exact) mass is 299 g/mol. The normalized spacial score (nSPS) is 21.8. The van der Waals surface area contributed by atoms with Crippen LogP contribution in [0.4, 0.5) is 0 Å². The molecule has 116 valence electrons. The molecule has 22 heavy (non-hydrogen) atoms. The van der Waals surface area contributed by atoms with Crippen LogP contribution in [0, 0.1) is 5.92 Å². The summed E-state index contributed by atoms with van der Waals surface area (Å²) in [7, 11) is 1.76. The van der Waals surface area contributed by atoms with Crippen LogP contribution < -0.4 is 0 Å². The van der Waals surface area contributed by atoms with Gasteiger partial charge in [0.1, 0.15) is 6.26 Å². The summed E-state index contributed by atoms with van der Waals surface area (Å²) in [5, 5.41) is 0. The van der Waals surface area contributed by atoms with Crippen LogP contribution in [-0.4, -0.2) is 37.1 Å². The highest BCUT2D eigenvalue weighted by atomic mass is 16.5. The second kappa shape index (κ2) is 6.79. The molecule has 2 aromatic rings. The molecular formula is C18H21NO3. The number of amides is 1. The summed E-state index contributed by atoms with van der Waals surface area (Å²) >= 11 is 0. The fraction of sp³-hybridized carbons (Fsp3) is 0.389. The van der Waals surface area contributed by atoms with Gasteiger partial charge in [-0.05, 0) is 24.5 Å². The number of likely N-dealkylation sites (tertiary alicyclic amines) is 1. The number of rotatable bonds is 4. The van der Waals surface area contributed by atoms with E-state index in [0.717, 1.165) is 25.9 Å². The SMILES string of the molecule is CO[C@@H]1CCN(C(=O)c2ccoc2)C[C@@H]1Cc1ccccc1. The third-order valence-electron chi connectivity index (χ3n) is 4.36. The molecule has 0 bridgehead atoms. The molecule has 1 aliphatic heterocycles. The van der Waals surface area contributed by atoms with Gasteiger partial charge in [0.25, 0.3) is 5.91 Å². The van der Waals surface area contributed by atoms with E-state index in [1.54, 1.807) is 13.2 Å². The van der Waals surface area contributed by atoms with Gasteiger partial charge in [-0.25, -0.2) is 0 Å². The van der Waals surface area contributed by atoms with Gasteiger partial charge in [-0.1, -0.05) is 30.3 Å². The summed E-state index contributed by atoms with van der Waals surface area (Å²) in [6, 6.07) is 12.1. The van der Waals surface area contributed by atoms with E-state index in [2.05, 4.69) is 12.1 Å². The summed E-state index contributed by atoms with van der Waals surface area (Å²) in [5.41, 5.74) is 1.90. The van der Waals surface area contributed by atoms with Crippen molar-refractivity contribution >= 4 is 5.91 Å². The lowest BCUT2D eigenvalue weighted by molar-refractivity contribution is -0.00301. The molecule has 3 rings (SSSR count). The average Bonchev–Trinajstić information content (AvgIpc) is 3.09. The first-order valence-corrected chi connectivity index (χ1v) is 7.66. The van der Waals surface area contributed by atoms with E-state index in [0.29, 0.717) is 11.5 Å². The number of benzene rings is 1. The van der Waals surface area contributed by atoms with E-state index in [-0.39, 0.29) is 12.0 Å².